The molecule has 1 aliphatic rings. The highest BCUT2D eigenvalue weighted by molar-refractivity contribution is 7.15. The lowest BCUT2D eigenvalue weighted by atomic mass is 10.1. The van der Waals surface area contributed by atoms with E-state index in [1.54, 1.807) is 11.3 Å². The number of nitrogens with one attached hydrogen (secondary N) is 1. The van der Waals surface area contributed by atoms with Crippen LogP contribution in [0.5, 0.6) is 0 Å². The van der Waals surface area contributed by atoms with Crippen molar-refractivity contribution < 1.29 is 0 Å². The van der Waals surface area contributed by atoms with Crippen LogP contribution in [0.4, 0.5) is 10.8 Å². The number of rotatable bonds is 3. The van der Waals surface area contributed by atoms with Crippen molar-refractivity contribution >= 4 is 22.2 Å². The highest BCUT2D eigenvalue weighted by Gasteiger charge is 2.26. The first kappa shape index (κ1) is 11.5. The molecule has 2 heterocycles. The van der Waals surface area contributed by atoms with E-state index in [4.69, 9.17) is 0 Å². The fourth-order valence-corrected chi connectivity index (χ4v) is 3.13. The van der Waals surface area contributed by atoms with Gasteiger partial charge in [0.25, 0.3) is 0 Å². The van der Waals surface area contributed by atoms with Gasteiger partial charge in [0.1, 0.15) is 5.01 Å². The number of nitrogens with zero attached hydrogens (tertiary/aromatic N) is 3. The van der Waals surface area contributed by atoms with Gasteiger partial charge in [0.2, 0.25) is 5.13 Å². The Labute approximate surface area is 111 Å². The van der Waals surface area contributed by atoms with E-state index in [2.05, 4.69) is 51.6 Å². The smallest absolute Gasteiger partial charge is 0.205 e. The molecule has 0 saturated heterocycles. The summed E-state index contributed by atoms with van der Waals surface area (Å²) < 4.78 is 0. The standard InChI is InChI=1S/C13H16N4S/c1-9-7-10-5-3-4-6-11(10)17(9)8-12-15-16-13(14-2)18-12/h3-6,9H,7-8H2,1-2H3,(H,14,16). The Hall–Kier alpha value is -1.62. The minimum absolute atomic E-state index is 0.532. The third-order valence-corrected chi connectivity index (χ3v) is 4.26. The molecule has 1 aromatic heterocycles. The summed E-state index contributed by atoms with van der Waals surface area (Å²) in [4.78, 5) is 2.41. The van der Waals surface area contributed by atoms with Gasteiger partial charge in [-0.25, -0.2) is 0 Å². The second-order valence-corrected chi connectivity index (χ2v) is 5.62. The zero-order valence-corrected chi connectivity index (χ0v) is 11.4. The summed E-state index contributed by atoms with van der Waals surface area (Å²) in [5.41, 5.74) is 2.77. The van der Waals surface area contributed by atoms with Gasteiger partial charge in [-0.15, -0.1) is 10.2 Å². The molecule has 0 saturated carbocycles. The van der Waals surface area contributed by atoms with Gasteiger partial charge in [-0.05, 0) is 25.0 Å². The number of fused-ring (bicyclic) bond motifs is 1. The molecule has 4 nitrogen and oxygen atoms in total. The van der Waals surface area contributed by atoms with E-state index in [1.165, 1.54) is 11.3 Å². The van der Waals surface area contributed by atoms with E-state index in [0.717, 1.165) is 23.1 Å². The summed E-state index contributed by atoms with van der Waals surface area (Å²) in [6.07, 6.45) is 1.12. The molecule has 0 fully saturated rings. The van der Waals surface area contributed by atoms with Crippen LogP contribution in [0.1, 0.15) is 17.5 Å². The zero-order valence-electron chi connectivity index (χ0n) is 10.6. The monoisotopic (exact) mass is 260 g/mol. The predicted molar refractivity (Wildman–Crippen MR) is 75.2 cm³/mol. The molecule has 3 rings (SSSR count). The van der Waals surface area contributed by atoms with Crippen LogP contribution in [0.2, 0.25) is 0 Å². The van der Waals surface area contributed by atoms with E-state index in [9.17, 15) is 0 Å². The van der Waals surface area contributed by atoms with E-state index >= 15 is 0 Å². The van der Waals surface area contributed by atoms with Gasteiger partial charge in [-0.1, -0.05) is 29.5 Å². The molecule has 5 heteroatoms. The number of hydrogen-bond acceptors (Lipinski definition) is 5. The van der Waals surface area contributed by atoms with Crippen LogP contribution >= 0.6 is 11.3 Å². The van der Waals surface area contributed by atoms with Crippen LogP contribution in [0.15, 0.2) is 24.3 Å². The third kappa shape index (κ3) is 1.95. The molecule has 18 heavy (non-hydrogen) atoms. The molecule has 1 atom stereocenters. The van der Waals surface area contributed by atoms with Gasteiger partial charge >= 0.3 is 0 Å². The molecule has 2 aromatic rings. The first-order valence-electron chi connectivity index (χ1n) is 6.12. The highest BCUT2D eigenvalue weighted by Crippen LogP contribution is 2.33. The Kier molecular flexibility index (Phi) is 2.91. The van der Waals surface area contributed by atoms with Crippen LogP contribution in [-0.2, 0) is 13.0 Å². The van der Waals surface area contributed by atoms with Gasteiger partial charge in [-0.3, -0.25) is 0 Å². The van der Waals surface area contributed by atoms with Gasteiger partial charge in [0.05, 0.1) is 6.54 Å². The normalized spacial score (nSPS) is 17.9. The molecule has 1 aliphatic heterocycles. The van der Waals surface area contributed by atoms with E-state index < -0.39 is 0 Å². The summed E-state index contributed by atoms with van der Waals surface area (Å²) in [6.45, 7) is 3.11. The molecule has 94 valence electrons. The maximum atomic E-state index is 4.22. The van der Waals surface area contributed by atoms with Crippen molar-refractivity contribution in [3.63, 3.8) is 0 Å². The van der Waals surface area contributed by atoms with Gasteiger partial charge in [0, 0.05) is 18.8 Å². The third-order valence-electron chi connectivity index (χ3n) is 3.33. The van der Waals surface area contributed by atoms with E-state index in [1.807, 2.05) is 7.05 Å². The minimum atomic E-state index is 0.532. The number of para-hydroxylation sites is 1. The first-order chi connectivity index (χ1) is 8.78. The minimum Gasteiger partial charge on any atom is -0.363 e. The van der Waals surface area contributed by atoms with Gasteiger partial charge in [0.15, 0.2) is 0 Å². The summed E-state index contributed by atoms with van der Waals surface area (Å²) >= 11 is 1.62. The van der Waals surface area contributed by atoms with Crippen LogP contribution in [0.25, 0.3) is 0 Å². The second-order valence-electron chi connectivity index (χ2n) is 4.56. The molecule has 1 N–H and O–H groups in total. The number of aromatic nitrogens is 2. The van der Waals surface area contributed by atoms with Crippen LogP contribution < -0.4 is 10.2 Å². The summed E-state index contributed by atoms with van der Waals surface area (Å²) in [6, 6.07) is 9.15. The molecule has 0 amide bonds. The van der Waals surface area contributed by atoms with Crippen LogP contribution in [0, 0.1) is 0 Å². The molecule has 0 radical (unpaired) electrons. The fourth-order valence-electron chi connectivity index (χ4n) is 2.43. The largest absolute Gasteiger partial charge is 0.363 e. The maximum absolute atomic E-state index is 4.22. The van der Waals surface area contributed by atoms with Crippen molar-refractivity contribution in [2.75, 3.05) is 17.3 Å². The quantitative estimate of drug-likeness (QED) is 0.920. The van der Waals surface area contributed by atoms with Crippen molar-refractivity contribution in [3.8, 4) is 0 Å². The average molecular weight is 260 g/mol. The topological polar surface area (TPSA) is 41.1 Å². The van der Waals surface area contributed by atoms with Crippen molar-refractivity contribution in [2.45, 2.75) is 25.9 Å². The summed E-state index contributed by atoms with van der Waals surface area (Å²) in [5.74, 6) is 0. The lowest BCUT2D eigenvalue weighted by Gasteiger charge is -2.23. The molecular formula is C13H16N4S. The lowest BCUT2D eigenvalue weighted by molar-refractivity contribution is 0.667. The van der Waals surface area contributed by atoms with Crippen molar-refractivity contribution in [1.82, 2.24) is 10.2 Å². The van der Waals surface area contributed by atoms with Crippen LogP contribution in [0.3, 0.4) is 0 Å². The molecule has 1 unspecified atom stereocenters. The van der Waals surface area contributed by atoms with Gasteiger partial charge < -0.3 is 10.2 Å². The Balaban J connectivity index is 1.84. The van der Waals surface area contributed by atoms with Crippen molar-refractivity contribution in [3.05, 3.63) is 34.8 Å². The predicted octanol–water partition coefficient (Wildman–Crippen LogP) is 2.53. The van der Waals surface area contributed by atoms with E-state index in [0.29, 0.717) is 6.04 Å². The summed E-state index contributed by atoms with van der Waals surface area (Å²) in [7, 11) is 1.87. The Morgan fingerprint density at radius 1 is 1.39 bits per heavy atom. The summed E-state index contributed by atoms with van der Waals surface area (Å²) in [5, 5.41) is 13.3. The fraction of sp³-hybridized carbons (Fsp3) is 0.385. The van der Waals surface area contributed by atoms with Crippen molar-refractivity contribution in [1.29, 1.82) is 0 Å². The Morgan fingerprint density at radius 2 is 2.22 bits per heavy atom. The second kappa shape index (κ2) is 4.57. The number of benzene rings is 1. The molecule has 0 spiro atoms. The first-order valence-corrected chi connectivity index (χ1v) is 6.94. The molecule has 0 bridgehead atoms. The maximum Gasteiger partial charge on any atom is 0.205 e. The number of anilines is 2. The zero-order chi connectivity index (χ0) is 12.5. The van der Waals surface area contributed by atoms with Crippen LogP contribution in [-0.4, -0.2) is 23.3 Å². The average Bonchev–Trinajstić information content (AvgIpc) is 2.96. The molecular weight excluding hydrogens is 244 g/mol. The molecule has 1 aromatic carbocycles. The lowest BCUT2D eigenvalue weighted by Crippen LogP contribution is -2.28. The van der Waals surface area contributed by atoms with Gasteiger partial charge in [-0.2, -0.15) is 0 Å². The highest BCUT2D eigenvalue weighted by atomic mass is 32.1. The Morgan fingerprint density at radius 3 is 3.00 bits per heavy atom. The number of hydrogen-bond donors (Lipinski definition) is 1. The SMILES string of the molecule is CNc1nnc(CN2c3ccccc3CC2C)s1. The Bertz CT molecular complexity index is 551. The van der Waals surface area contributed by atoms with E-state index in [-0.39, 0.29) is 0 Å². The van der Waals surface area contributed by atoms with Crippen molar-refractivity contribution in [2.24, 2.45) is 0 Å². The molecule has 0 aliphatic carbocycles.